The second-order valence-electron chi connectivity index (χ2n) is 4.47. The highest BCUT2D eigenvalue weighted by Crippen LogP contribution is 2.20. The van der Waals surface area contributed by atoms with Crippen molar-refractivity contribution in [2.75, 3.05) is 6.54 Å². The van der Waals surface area contributed by atoms with Crippen LogP contribution >= 0.6 is 0 Å². The summed E-state index contributed by atoms with van der Waals surface area (Å²) in [4.78, 5) is 10.6. The largest absolute Gasteiger partial charge is 0.466 e. The summed E-state index contributed by atoms with van der Waals surface area (Å²) >= 11 is 0. The first kappa shape index (κ1) is 13.8. The highest BCUT2D eigenvalue weighted by molar-refractivity contribution is 5.73. The van der Waals surface area contributed by atoms with Crippen molar-refractivity contribution >= 4 is 5.91 Å². The highest BCUT2D eigenvalue weighted by atomic mass is 16.3. The molecule has 1 unspecified atom stereocenters. The van der Waals surface area contributed by atoms with Crippen molar-refractivity contribution in [3.8, 4) is 0 Å². The van der Waals surface area contributed by atoms with Crippen LogP contribution in [0.5, 0.6) is 0 Å². The maximum absolute atomic E-state index is 10.6. The molecule has 0 bridgehead atoms. The quantitative estimate of drug-likeness (QED) is 0.715. The first-order valence-corrected chi connectivity index (χ1v) is 6.09. The minimum absolute atomic E-state index is 0.223. The van der Waals surface area contributed by atoms with Gasteiger partial charge < -0.3 is 15.5 Å². The second kappa shape index (κ2) is 6.45. The Bertz CT molecular complexity index is 371. The summed E-state index contributed by atoms with van der Waals surface area (Å²) in [6.45, 7) is 6.94. The number of carbonyl (C=O) groups excluding carboxylic acids is 1. The van der Waals surface area contributed by atoms with Crippen LogP contribution in [-0.4, -0.2) is 12.5 Å². The van der Waals surface area contributed by atoms with Gasteiger partial charge in [0, 0.05) is 18.0 Å². The summed E-state index contributed by atoms with van der Waals surface area (Å²) in [6.07, 6.45) is 2.28. The van der Waals surface area contributed by atoms with Crippen LogP contribution in [0, 0.1) is 13.8 Å². The Morgan fingerprint density at radius 3 is 2.71 bits per heavy atom. The van der Waals surface area contributed by atoms with E-state index in [1.165, 1.54) is 5.56 Å². The smallest absolute Gasteiger partial charge is 0.217 e. The molecule has 3 N–H and O–H groups in total. The number of aryl methyl sites for hydroxylation is 2. The van der Waals surface area contributed by atoms with Crippen molar-refractivity contribution in [3.05, 3.63) is 23.2 Å². The van der Waals surface area contributed by atoms with Crippen LogP contribution in [0.1, 0.15) is 49.3 Å². The number of amides is 1. The number of nitrogens with two attached hydrogens (primary N) is 1. The van der Waals surface area contributed by atoms with E-state index in [2.05, 4.69) is 18.3 Å². The molecule has 1 aromatic rings. The van der Waals surface area contributed by atoms with E-state index < -0.39 is 0 Å². The van der Waals surface area contributed by atoms with Crippen molar-refractivity contribution < 1.29 is 9.21 Å². The zero-order valence-electron chi connectivity index (χ0n) is 10.9. The third-order valence-corrected chi connectivity index (χ3v) is 2.85. The number of hydrogen-bond acceptors (Lipinski definition) is 3. The molecule has 1 atom stereocenters. The third-order valence-electron chi connectivity index (χ3n) is 2.85. The van der Waals surface area contributed by atoms with Crippen molar-refractivity contribution in [3.63, 3.8) is 0 Å². The Morgan fingerprint density at radius 1 is 1.47 bits per heavy atom. The fraction of sp³-hybridized carbons (Fsp3) is 0.615. The summed E-state index contributed by atoms with van der Waals surface area (Å²) in [5, 5.41) is 3.41. The molecule has 4 heteroatoms. The van der Waals surface area contributed by atoms with Gasteiger partial charge >= 0.3 is 0 Å². The van der Waals surface area contributed by atoms with Gasteiger partial charge in [-0.1, -0.05) is 0 Å². The lowest BCUT2D eigenvalue weighted by molar-refractivity contribution is -0.118. The molecule has 96 valence electrons. The number of rotatable bonds is 7. The first-order valence-electron chi connectivity index (χ1n) is 6.09. The summed E-state index contributed by atoms with van der Waals surface area (Å²) < 4.78 is 5.49. The lowest BCUT2D eigenvalue weighted by Crippen LogP contribution is -2.20. The topological polar surface area (TPSA) is 68.3 Å². The number of carbonyl (C=O) groups is 1. The second-order valence-corrected chi connectivity index (χ2v) is 4.47. The van der Waals surface area contributed by atoms with E-state index in [0.717, 1.165) is 30.9 Å². The molecule has 0 aliphatic rings. The minimum atomic E-state index is -0.223. The van der Waals surface area contributed by atoms with Gasteiger partial charge in [0.05, 0.1) is 0 Å². The van der Waals surface area contributed by atoms with E-state index in [1.54, 1.807) is 0 Å². The molecule has 0 aliphatic carbocycles. The normalized spacial score (nSPS) is 12.6. The Morgan fingerprint density at radius 2 is 2.18 bits per heavy atom. The summed E-state index contributed by atoms with van der Waals surface area (Å²) in [6, 6.07) is 2.34. The summed E-state index contributed by atoms with van der Waals surface area (Å²) in [5.41, 5.74) is 6.28. The number of nitrogens with one attached hydrogen (secondary N) is 1. The SMILES string of the molecule is Cc1cc(C(C)NCCCCC(N)=O)c(C)o1. The molecule has 0 spiro atoms. The Hall–Kier alpha value is -1.29. The number of unbranched alkanes of at least 4 members (excludes halogenated alkanes) is 1. The van der Waals surface area contributed by atoms with Crippen LogP contribution in [0.15, 0.2) is 10.5 Å². The monoisotopic (exact) mass is 238 g/mol. The summed E-state index contributed by atoms with van der Waals surface area (Å²) in [5.74, 6) is 1.69. The van der Waals surface area contributed by atoms with Gasteiger partial charge in [-0.2, -0.15) is 0 Å². The van der Waals surface area contributed by atoms with E-state index in [1.807, 2.05) is 13.8 Å². The lowest BCUT2D eigenvalue weighted by atomic mass is 10.1. The summed E-state index contributed by atoms with van der Waals surface area (Å²) in [7, 11) is 0. The van der Waals surface area contributed by atoms with E-state index >= 15 is 0 Å². The third kappa shape index (κ3) is 4.61. The van der Waals surface area contributed by atoms with Crippen LogP contribution in [0.4, 0.5) is 0 Å². The van der Waals surface area contributed by atoms with Gasteiger partial charge in [0.25, 0.3) is 0 Å². The minimum Gasteiger partial charge on any atom is -0.466 e. The average molecular weight is 238 g/mol. The molecule has 17 heavy (non-hydrogen) atoms. The van der Waals surface area contributed by atoms with Crippen molar-refractivity contribution in [2.45, 2.75) is 46.1 Å². The maximum Gasteiger partial charge on any atom is 0.217 e. The number of furan rings is 1. The van der Waals surface area contributed by atoms with E-state index in [9.17, 15) is 4.79 Å². The molecule has 1 amide bonds. The van der Waals surface area contributed by atoms with Crippen LogP contribution in [-0.2, 0) is 4.79 Å². The fourth-order valence-electron chi connectivity index (χ4n) is 1.93. The molecule has 1 heterocycles. The molecule has 0 radical (unpaired) electrons. The van der Waals surface area contributed by atoms with E-state index in [0.29, 0.717) is 6.42 Å². The molecule has 0 saturated heterocycles. The van der Waals surface area contributed by atoms with Crippen LogP contribution < -0.4 is 11.1 Å². The molecule has 0 saturated carbocycles. The van der Waals surface area contributed by atoms with E-state index in [4.69, 9.17) is 10.2 Å². The Kier molecular flexibility index (Phi) is 5.22. The van der Waals surface area contributed by atoms with Gasteiger partial charge in [-0.25, -0.2) is 0 Å². The van der Waals surface area contributed by atoms with Crippen molar-refractivity contribution in [2.24, 2.45) is 5.73 Å². The predicted octanol–water partition coefficient (Wildman–Crippen LogP) is 2.20. The maximum atomic E-state index is 10.6. The van der Waals surface area contributed by atoms with Gasteiger partial charge in [-0.05, 0) is 46.2 Å². The predicted molar refractivity (Wildman–Crippen MR) is 67.6 cm³/mol. The van der Waals surface area contributed by atoms with E-state index in [-0.39, 0.29) is 11.9 Å². The molecule has 0 aromatic carbocycles. The molecule has 1 rings (SSSR count). The first-order chi connectivity index (χ1) is 8.00. The molecule has 0 aliphatic heterocycles. The zero-order valence-corrected chi connectivity index (χ0v) is 10.9. The highest BCUT2D eigenvalue weighted by Gasteiger charge is 2.11. The number of primary amides is 1. The van der Waals surface area contributed by atoms with Crippen LogP contribution in [0.2, 0.25) is 0 Å². The Labute approximate surface area is 103 Å². The van der Waals surface area contributed by atoms with Gasteiger partial charge in [0.2, 0.25) is 5.91 Å². The Balaban J connectivity index is 2.28. The van der Waals surface area contributed by atoms with Crippen LogP contribution in [0.25, 0.3) is 0 Å². The van der Waals surface area contributed by atoms with Gasteiger partial charge in [-0.3, -0.25) is 4.79 Å². The average Bonchev–Trinajstić information content (AvgIpc) is 2.56. The molecule has 0 fully saturated rings. The van der Waals surface area contributed by atoms with Crippen molar-refractivity contribution in [1.82, 2.24) is 5.32 Å². The van der Waals surface area contributed by atoms with Crippen molar-refractivity contribution in [1.29, 1.82) is 0 Å². The van der Waals surface area contributed by atoms with Crippen LogP contribution in [0.3, 0.4) is 0 Å². The standard InChI is InChI=1S/C13H22N2O2/c1-9-8-12(11(3)17-9)10(2)15-7-5-4-6-13(14)16/h8,10,15H,4-7H2,1-3H3,(H2,14,16). The molecular formula is C13H22N2O2. The molecule has 4 nitrogen and oxygen atoms in total. The van der Waals surface area contributed by atoms with Gasteiger partial charge in [0.1, 0.15) is 11.5 Å². The fourth-order valence-corrected chi connectivity index (χ4v) is 1.93. The molecule has 1 aromatic heterocycles. The molecular weight excluding hydrogens is 216 g/mol. The lowest BCUT2D eigenvalue weighted by Gasteiger charge is -2.12. The number of hydrogen-bond donors (Lipinski definition) is 2. The zero-order chi connectivity index (χ0) is 12.8. The van der Waals surface area contributed by atoms with Gasteiger partial charge in [0.15, 0.2) is 0 Å². The van der Waals surface area contributed by atoms with Gasteiger partial charge in [-0.15, -0.1) is 0 Å².